The van der Waals surface area contributed by atoms with Crippen LogP contribution in [0.3, 0.4) is 0 Å². The average molecular weight is 330 g/mol. The van der Waals surface area contributed by atoms with Crippen molar-refractivity contribution in [3.63, 3.8) is 0 Å². The molecular formula is C16H25BrFN. The van der Waals surface area contributed by atoms with Crippen LogP contribution in [0.2, 0.25) is 0 Å². The molecule has 0 spiro atoms. The third-order valence-corrected chi connectivity index (χ3v) is 4.46. The van der Waals surface area contributed by atoms with Gasteiger partial charge in [-0.25, -0.2) is 4.39 Å². The van der Waals surface area contributed by atoms with Gasteiger partial charge in [0.2, 0.25) is 0 Å². The van der Waals surface area contributed by atoms with E-state index in [9.17, 15) is 4.39 Å². The van der Waals surface area contributed by atoms with Gasteiger partial charge in [-0.05, 0) is 42.4 Å². The summed E-state index contributed by atoms with van der Waals surface area (Å²) in [6.45, 7) is 9.63. The monoisotopic (exact) mass is 329 g/mol. The number of nitrogens with one attached hydrogen (secondary N) is 1. The second-order valence-corrected chi connectivity index (χ2v) is 6.57. The molecule has 0 radical (unpaired) electrons. The molecule has 1 aromatic rings. The lowest BCUT2D eigenvalue weighted by atomic mass is 9.76. The Morgan fingerprint density at radius 2 is 1.89 bits per heavy atom. The van der Waals surface area contributed by atoms with Gasteiger partial charge in [-0.3, -0.25) is 0 Å². The van der Waals surface area contributed by atoms with Crippen molar-refractivity contribution in [3.05, 3.63) is 34.1 Å². The highest BCUT2D eigenvalue weighted by Crippen LogP contribution is 2.32. The van der Waals surface area contributed by atoms with Crippen LogP contribution in [0, 0.1) is 11.2 Å². The first-order valence-electron chi connectivity index (χ1n) is 7.09. The Bertz CT molecular complexity index is 400. The summed E-state index contributed by atoms with van der Waals surface area (Å²) in [5.41, 5.74) is 0.955. The van der Waals surface area contributed by atoms with Crippen molar-refractivity contribution < 1.29 is 4.39 Å². The Hall–Kier alpha value is -0.410. The summed E-state index contributed by atoms with van der Waals surface area (Å²) in [5, 5.41) is 3.51. The zero-order valence-electron chi connectivity index (χ0n) is 12.4. The van der Waals surface area contributed by atoms with Crippen molar-refractivity contribution in [2.75, 3.05) is 6.54 Å². The molecule has 0 aliphatic heterocycles. The highest BCUT2D eigenvalue weighted by Gasteiger charge is 2.27. The van der Waals surface area contributed by atoms with E-state index in [4.69, 9.17) is 0 Å². The molecule has 108 valence electrons. The second-order valence-electron chi connectivity index (χ2n) is 5.66. The van der Waals surface area contributed by atoms with Crippen LogP contribution in [0.25, 0.3) is 0 Å². The lowest BCUT2D eigenvalue weighted by Gasteiger charge is -2.33. The molecule has 0 aliphatic carbocycles. The first kappa shape index (κ1) is 16.6. The Labute approximate surface area is 125 Å². The molecule has 0 saturated heterocycles. The Kier molecular flexibility index (Phi) is 6.48. The number of hydrogen-bond donors (Lipinski definition) is 1. The molecule has 0 saturated carbocycles. The maximum absolute atomic E-state index is 14.0. The minimum Gasteiger partial charge on any atom is -0.314 e. The van der Waals surface area contributed by atoms with Crippen LogP contribution in [-0.4, -0.2) is 12.6 Å². The molecule has 1 nitrogen and oxygen atoms in total. The van der Waals surface area contributed by atoms with Crippen LogP contribution in [0.5, 0.6) is 0 Å². The maximum Gasteiger partial charge on any atom is 0.127 e. The topological polar surface area (TPSA) is 12.0 Å². The van der Waals surface area contributed by atoms with Crippen LogP contribution in [0.15, 0.2) is 22.7 Å². The van der Waals surface area contributed by atoms with Crippen LogP contribution >= 0.6 is 15.9 Å². The first-order chi connectivity index (χ1) is 8.92. The standard InChI is InChI=1S/C16H25BrFN/c1-5-16(6-2,11-19-12(3)4)10-13-7-8-14(17)9-15(13)18/h7-9,12,19H,5-6,10-11H2,1-4H3. The molecule has 0 aromatic heterocycles. The zero-order chi connectivity index (χ0) is 14.5. The third kappa shape index (κ3) is 4.88. The number of benzene rings is 1. The summed E-state index contributed by atoms with van der Waals surface area (Å²) in [4.78, 5) is 0. The maximum atomic E-state index is 14.0. The van der Waals surface area contributed by atoms with Gasteiger partial charge < -0.3 is 5.32 Å². The van der Waals surface area contributed by atoms with Crippen LogP contribution in [0.1, 0.15) is 46.1 Å². The summed E-state index contributed by atoms with van der Waals surface area (Å²) < 4.78 is 14.8. The van der Waals surface area contributed by atoms with Crippen LogP contribution in [0.4, 0.5) is 4.39 Å². The summed E-state index contributed by atoms with van der Waals surface area (Å²) in [6, 6.07) is 5.84. The molecule has 3 heteroatoms. The third-order valence-electron chi connectivity index (χ3n) is 3.97. The van der Waals surface area contributed by atoms with E-state index in [-0.39, 0.29) is 11.2 Å². The van der Waals surface area contributed by atoms with E-state index >= 15 is 0 Å². The van der Waals surface area contributed by atoms with Crippen molar-refractivity contribution in [1.82, 2.24) is 5.32 Å². The van der Waals surface area contributed by atoms with E-state index in [1.165, 1.54) is 0 Å². The van der Waals surface area contributed by atoms with Gasteiger partial charge in [0.05, 0.1) is 0 Å². The predicted molar refractivity (Wildman–Crippen MR) is 84.0 cm³/mol. The predicted octanol–water partition coefficient (Wildman–Crippen LogP) is 4.94. The fourth-order valence-corrected chi connectivity index (χ4v) is 2.64. The smallest absolute Gasteiger partial charge is 0.127 e. The molecule has 0 unspecified atom stereocenters. The lowest BCUT2D eigenvalue weighted by Crippen LogP contribution is -2.38. The fraction of sp³-hybridized carbons (Fsp3) is 0.625. The normalized spacial score (nSPS) is 12.2. The lowest BCUT2D eigenvalue weighted by molar-refractivity contribution is 0.237. The minimum absolute atomic E-state index is 0.106. The SMILES string of the molecule is CCC(CC)(CNC(C)C)Cc1ccc(Br)cc1F. The molecule has 0 fully saturated rings. The van der Waals surface area contributed by atoms with Gasteiger partial charge in [0.25, 0.3) is 0 Å². The summed E-state index contributed by atoms with van der Waals surface area (Å²) in [5.74, 6) is -0.106. The summed E-state index contributed by atoms with van der Waals surface area (Å²) in [7, 11) is 0. The molecule has 1 rings (SSSR count). The van der Waals surface area contributed by atoms with E-state index < -0.39 is 0 Å². The number of rotatable bonds is 7. The van der Waals surface area contributed by atoms with Crippen molar-refractivity contribution >= 4 is 15.9 Å². The highest BCUT2D eigenvalue weighted by atomic mass is 79.9. The van der Waals surface area contributed by atoms with Crippen molar-refractivity contribution in [2.45, 2.75) is 53.0 Å². The van der Waals surface area contributed by atoms with Crippen LogP contribution in [-0.2, 0) is 6.42 Å². The molecule has 0 atom stereocenters. The zero-order valence-corrected chi connectivity index (χ0v) is 14.0. The van der Waals surface area contributed by atoms with Gasteiger partial charge in [0.1, 0.15) is 5.82 Å². The number of halogens is 2. The second kappa shape index (κ2) is 7.39. The van der Waals surface area contributed by atoms with Gasteiger partial charge in [0, 0.05) is 17.1 Å². The van der Waals surface area contributed by atoms with Gasteiger partial charge >= 0.3 is 0 Å². The van der Waals surface area contributed by atoms with E-state index in [2.05, 4.69) is 48.9 Å². The van der Waals surface area contributed by atoms with Gasteiger partial charge in [-0.1, -0.05) is 49.7 Å². The molecule has 0 heterocycles. The van der Waals surface area contributed by atoms with E-state index in [0.29, 0.717) is 6.04 Å². The average Bonchev–Trinajstić information content (AvgIpc) is 2.37. The van der Waals surface area contributed by atoms with Gasteiger partial charge in [-0.2, -0.15) is 0 Å². The Morgan fingerprint density at radius 1 is 1.26 bits per heavy atom. The molecule has 19 heavy (non-hydrogen) atoms. The highest BCUT2D eigenvalue weighted by molar-refractivity contribution is 9.10. The van der Waals surface area contributed by atoms with Crippen molar-refractivity contribution in [3.8, 4) is 0 Å². The Balaban J connectivity index is 2.87. The van der Waals surface area contributed by atoms with Gasteiger partial charge in [0.15, 0.2) is 0 Å². The molecule has 0 aliphatic rings. The quantitative estimate of drug-likeness (QED) is 0.747. The summed E-state index contributed by atoms with van der Waals surface area (Å²) in [6.07, 6.45) is 2.90. The molecular weight excluding hydrogens is 305 g/mol. The Morgan fingerprint density at radius 3 is 2.37 bits per heavy atom. The van der Waals surface area contributed by atoms with E-state index in [1.807, 2.05) is 12.1 Å². The minimum atomic E-state index is -0.106. The van der Waals surface area contributed by atoms with Crippen molar-refractivity contribution in [1.29, 1.82) is 0 Å². The van der Waals surface area contributed by atoms with Crippen molar-refractivity contribution in [2.24, 2.45) is 5.41 Å². The molecule has 0 amide bonds. The first-order valence-corrected chi connectivity index (χ1v) is 7.89. The molecule has 1 aromatic carbocycles. The van der Waals surface area contributed by atoms with E-state index in [0.717, 1.165) is 35.8 Å². The fourth-order valence-electron chi connectivity index (χ4n) is 2.30. The largest absolute Gasteiger partial charge is 0.314 e. The van der Waals surface area contributed by atoms with E-state index in [1.54, 1.807) is 6.07 Å². The number of hydrogen-bond acceptors (Lipinski definition) is 1. The van der Waals surface area contributed by atoms with Gasteiger partial charge in [-0.15, -0.1) is 0 Å². The summed E-state index contributed by atoms with van der Waals surface area (Å²) >= 11 is 3.31. The van der Waals surface area contributed by atoms with Crippen LogP contribution < -0.4 is 5.32 Å². The molecule has 1 N–H and O–H groups in total. The molecule has 0 bridgehead atoms.